The predicted molar refractivity (Wildman–Crippen MR) is 107 cm³/mol. The van der Waals surface area contributed by atoms with Gasteiger partial charge in [-0.25, -0.2) is 4.68 Å². The number of nitrogens with two attached hydrogens (primary N) is 1. The van der Waals surface area contributed by atoms with Crippen molar-refractivity contribution in [1.29, 1.82) is 0 Å². The smallest absolute Gasteiger partial charge is 0.237 e. The van der Waals surface area contributed by atoms with Crippen LogP contribution in [-0.2, 0) is 4.79 Å². The van der Waals surface area contributed by atoms with Gasteiger partial charge in [0, 0.05) is 5.56 Å². The van der Waals surface area contributed by atoms with E-state index in [0.717, 1.165) is 11.1 Å². The van der Waals surface area contributed by atoms with Crippen LogP contribution in [0, 0.1) is 6.92 Å². The zero-order chi connectivity index (χ0) is 19.4. The number of nitrogen functional groups attached to an aromatic ring is 1. The van der Waals surface area contributed by atoms with Crippen molar-refractivity contribution < 1.29 is 9.53 Å². The Morgan fingerprint density at radius 3 is 2.59 bits per heavy atom. The van der Waals surface area contributed by atoms with Gasteiger partial charge in [0.2, 0.25) is 11.1 Å². The lowest BCUT2D eigenvalue weighted by Crippen LogP contribution is -2.24. The fraction of sp³-hybridized carbons (Fsp3) is 0.211. The summed E-state index contributed by atoms with van der Waals surface area (Å²) in [5, 5.41) is 11.2. The molecule has 7 nitrogen and oxygen atoms in total. The van der Waals surface area contributed by atoms with Gasteiger partial charge in [0.05, 0.1) is 18.0 Å². The summed E-state index contributed by atoms with van der Waals surface area (Å²) in [7, 11) is 1.56. The summed E-state index contributed by atoms with van der Waals surface area (Å²) in [4.78, 5) is 12.5. The van der Waals surface area contributed by atoms with Gasteiger partial charge in [-0.2, -0.15) is 0 Å². The Hall–Kier alpha value is -3.00. The van der Waals surface area contributed by atoms with Crippen molar-refractivity contribution in [2.45, 2.75) is 24.3 Å². The molecular formula is C19H21N5O2S. The Morgan fingerprint density at radius 2 is 1.89 bits per heavy atom. The lowest BCUT2D eigenvalue weighted by atomic mass is 10.1. The van der Waals surface area contributed by atoms with Gasteiger partial charge in [0.1, 0.15) is 5.75 Å². The number of rotatable bonds is 6. The number of ether oxygens (including phenoxy) is 1. The van der Waals surface area contributed by atoms with Crippen LogP contribution in [-0.4, -0.2) is 33.1 Å². The number of nitrogens with one attached hydrogen (secondary N) is 1. The predicted octanol–water partition coefficient (Wildman–Crippen LogP) is 3.10. The van der Waals surface area contributed by atoms with E-state index in [2.05, 4.69) is 15.5 Å². The number of amides is 1. The zero-order valence-electron chi connectivity index (χ0n) is 15.3. The molecule has 0 aliphatic rings. The molecular weight excluding hydrogens is 362 g/mol. The summed E-state index contributed by atoms with van der Waals surface area (Å²) < 4.78 is 6.66. The summed E-state index contributed by atoms with van der Waals surface area (Å²) in [6.07, 6.45) is 0. The van der Waals surface area contributed by atoms with Crippen LogP contribution in [0.3, 0.4) is 0 Å². The molecule has 1 aromatic heterocycles. The first-order chi connectivity index (χ1) is 13.0. The van der Waals surface area contributed by atoms with E-state index in [4.69, 9.17) is 10.6 Å². The van der Waals surface area contributed by atoms with Crippen LogP contribution in [0.5, 0.6) is 5.75 Å². The highest BCUT2D eigenvalue weighted by molar-refractivity contribution is 8.00. The molecule has 3 rings (SSSR count). The molecule has 0 saturated carbocycles. The minimum atomic E-state index is -0.424. The number of anilines is 1. The molecule has 27 heavy (non-hydrogen) atoms. The van der Waals surface area contributed by atoms with Crippen molar-refractivity contribution in [3.05, 3.63) is 54.1 Å². The normalized spacial score (nSPS) is 11.8. The lowest BCUT2D eigenvalue weighted by molar-refractivity contribution is -0.115. The van der Waals surface area contributed by atoms with Crippen molar-refractivity contribution in [2.24, 2.45) is 0 Å². The number of thioether (sulfide) groups is 1. The fourth-order valence-corrected chi connectivity index (χ4v) is 3.22. The van der Waals surface area contributed by atoms with Gasteiger partial charge in [0.25, 0.3) is 0 Å². The van der Waals surface area contributed by atoms with Crippen LogP contribution in [0.4, 0.5) is 5.69 Å². The minimum Gasteiger partial charge on any atom is -0.495 e. The SMILES string of the molecule is COc1ccccc1NC(=O)[C@H](C)Sc1nnc(-c2ccc(C)cc2)n1N. The maximum atomic E-state index is 12.5. The van der Waals surface area contributed by atoms with Crippen LogP contribution in [0.1, 0.15) is 12.5 Å². The molecule has 0 saturated heterocycles. The molecule has 3 aromatic rings. The summed E-state index contributed by atoms with van der Waals surface area (Å²) in [5.74, 6) is 7.12. The first kappa shape index (κ1) is 18.8. The average molecular weight is 383 g/mol. The van der Waals surface area contributed by atoms with E-state index < -0.39 is 5.25 Å². The number of carbonyl (C=O) groups excluding carboxylic acids is 1. The molecule has 8 heteroatoms. The second kappa shape index (κ2) is 8.13. The van der Waals surface area contributed by atoms with E-state index in [9.17, 15) is 4.79 Å². The standard InChI is InChI=1S/C19H21N5O2S/c1-12-8-10-14(11-9-12)17-22-23-19(24(17)20)27-13(2)18(25)21-15-6-4-5-7-16(15)26-3/h4-11,13H,20H2,1-3H3,(H,21,25)/t13-/m0/s1. The van der Waals surface area contributed by atoms with Crippen molar-refractivity contribution >= 4 is 23.4 Å². The number of benzene rings is 2. The number of hydrogen-bond donors (Lipinski definition) is 2. The van der Waals surface area contributed by atoms with Gasteiger partial charge in [0.15, 0.2) is 5.82 Å². The van der Waals surface area contributed by atoms with Gasteiger partial charge in [-0.05, 0) is 26.0 Å². The van der Waals surface area contributed by atoms with Gasteiger partial charge in [-0.1, -0.05) is 53.7 Å². The van der Waals surface area contributed by atoms with Crippen molar-refractivity contribution in [1.82, 2.24) is 14.9 Å². The largest absolute Gasteiger partial charge is 0.495 e. The fourth-order valence-electron chi connectivity index (χ4n) is 2.45. The second-order valence-corrected chi connectivity index (χ2v) is 7.30. The highest BCUT2D eigenvalue weighted by Gasteiger charge is 2.20. The molecule has 0 unspecified atom stereocenters. The second-order valence-electron chi connectivity index (χ2n) is 5.99. The highest BCUT2D eigenvalue weighted by Crippen LogP contribution is 2.27. The van der Waals surface area contributed by atoms with E-state index in [1.807, 2.05) is 43.3 Å². The summed E-state index contributed by atoms with van der Waals surface area (Å²) in [5.41, 5.74) is 2.64. The maximum absolute atomic E-state index is 12.5. The van der Waals surface area contributed by atoms with E-state index in [1.54, 1.807) is 26.2 Å². The Labute approximate surface area is 161 Å². The summed E-state index contributed by atoms with van der Waals surface area (Å²) in [6, 6.07) is 15.1. The monoisotopic (exact) mass is 383 g/mol. The van der Waals surface area contributed by atoms with Crippen molar-refractivity contribution in [2.75, 3.05) is 18.3 Å². The van der Waals surface area contributed by atoms with E-state index in [1.165, 1.54) is 16.4 Å². The Bertz CT molecular complexity index is 940. The third-order valence-electron chi connectivity index (χ3n) is 3.99. The van der Waals surface area contributed by atoms with Crippen LogP contribution >= 0.6 is 11.8 Å². The van der Waals surface area contributed by atoms with E-state index in [0.29, 0.717) is 22.4 Å². The lowest BCUT2D eigenvalue weighted by Gasteiger charge is -2.13. The average Bonchev–Trinajstić information content (AvgIpc) is 3.03. The number of carbonyl (C=O) groups is 1. The molecule has 3 N–H and O–H groups in total. The third-order valence-corrected chi connectivity index (χ3v) is 5.05. The Morgan fingerprint density at radius 1 is 1.19 bits per heavy atom. The van der Waals surface area contributed by atoms with Gasteiger partial charge >= 0.3 is 0 Å². The molecule has 0 radical (unpaired) electrons. The highest BCUT2D eigenvalue weighted by atomic mass is 32.2. The Balaban J connectivity index is 1.71. The molecule has 140 valence electrons. The van der Waals surface area contributed by atoms with Crippen molar-refractivity contribution in [3.63, 3.8) is 0 Å². The summed E-state index contributed by atoms with van der Waals surface area (Å²) >= 11 is 1.24. The van der Waals surface area contributed by atoms with Gasteiger partial charge in [-0.15, -0.1) is 10.2 Å². The molecule has 1 atom stereocenters. The van der Waals surface area contributed by atoms with E-state index >= 15 is 0 Å². The quantitative estimate of drug-likeness (QED) is 0.502. The molecule has 0 bridgehead atoms. The topological polar surface area (TPSA) is 95.1 Å². The first-order valence-electron chi connectivity index (χ1n) is 8.37. The van der Waals surface area contributed by atoms with Crippen LogP contribution < -0.4 is 15.9 Å². The number of aryl methyl sites for hydroxylation is 1. The van der Waals surface area contributed by atoms with Crippen LogP contribution in [0.15, 0.2) is 53.7 Å². The number of methoxy groups -OCH3 is 1. The first-order valence-corrected chi connectivity index (χ1v) is 9.25. The number of aromatic nitrogens is 3. The number of hydrogen-bond acceptors (Lipinski definition) is 6. The molecule has 1 heterocycles. The molecule has 1 amide bonds. The number of nitrogens with zero attached hydrogens (tertiary/aromatic N) is 3. The number of para-hydroxylation sites is 2. The summed E-state index contributed by atoms with van der Waals surface area (Å²) in [6.45, 7) is 3.80. The van der Waals surface area contributed by atoms with Gasteiger partial charge < -0.3 is 15.9 Å². The molecule has 2 aromatic carbocycles. The molecule has 0 fully saturated rings. The zero-order valence-corrected chi connectivity index (χ0v) is 16.2. The molecule has 0 aliphatic carbocycles. The molecule has 0 aliphatic heterocycles. The van der Waals surface area contributed by atoms with Gasteiger partial charge in [-0.3, -0.25) is 4.79 Å². The minimum absolute atomic E-state index is 0.176. The molecule has 0 spiro atoms. The van der Waals surface area contributed by atoms with E-state index in [-0.39, 0.29) is 5.91 Å². The third kappa shape index (κ3) is 4.22. The van der Waals surface area contributed by atoms with Crippen LogP contribution in [0.2, 0.25) is 0 Å². The maximum Gasteiger partial charge on any atom is 0.237 e. The Kier molecular flexibility index (Phi) is 5.66. The van der Waals surface area contributed by atoms with Crippen LogP contribution in [0.25, 0.3) is 11.4 Å². The van der Waals surface area contributed by atoms with Crippen molar-refractivity contribution in [3.8, 4) is 17.1 Å².